The van der Waals surface area contributed by atoms with E-state index in [0.717, 1.165) is 4.68 Å². The van der Waals surface area contributed by atoms with Crippen molar-refractivity contribution >= 4 is 39.9 Å². The van der Waals surface area contributed by atoms with E-state index < -0.39 is 40.5 Å². The summed E-state index contributed by atoms with van der Waals surface area (Å²) >= 11 is 12.0. The van der Waals surface area contributed by atoms with Crippen LogP contribution in [0.15, 0.2) is 24.3 Å². The van der Waals surface area contributed by atoms with Gasteiger partial charge < -0.3 is 5.73 Å². The summed E-state index contributed by atoms with van der Waals surface area (Å²) in [7, 11) is 0. The SMILES string of the molecule is Nc1c2c(C(F)(F)F)nc(C(F)(F)F)cc2nn1-c1c(Cl)cccc1Cl. The highest BCUT2D eigenvalue weighted by molar-refractivity contribution is 6.37. The standard InChI is InChI=1S/C14H6Cl2F6N4/c15-5-2-1-3-6(16)10(5)26-12(23)9-7(25-26)4-8(13(17,18)19)24-11(9)14(20,21)22/h1-4H,23H2. The normalized spacial score (nSPS) is 12.8. The number of alkyl halides is 6. The van der Waals surface area contributed by atoms with Crippen LogP contribution in [0.5, 0.6) is 0 Å². The molecule has 3 aromatic rings. The summed E-state index contributed by atoms with van der Waals surface area (Å²) in [5.41, 5.74) is 1.48. The molecule has 4 nitrogen and oxygen atoms in total. The minimum absolute atomic E-state index is 0.00503. The summed E-state index contributed by atoms with van der Waals surface area (Å²) in [5.74, 6) is -0.594. The van der Waals surface area contributed by atoms with Crippen molar-refractivity contribution in [2.24, 2.45) is 0 Å². The van der Waals surface area contributed by atoms with E-state index in [1.807, 2.05) is 0 Å². The molecule has 0 spiro atoms. The molecule has 26 heavy (non-hydrogen) atoms. The minimum atomic E-state index is -5.19. The van der Waals surface area contributed by atoms with Gasteiger partial charge in [-0.05, 0) is 18.2 Å². The smallest absolute Gasteiger partial charge is 0.383 e. The largest absolute Gasteiger partial charge is 0.434 e. The van der Waals surface area contributed by atoms with Crippen molar-refractivity contribution in [3.8, 4) is 5.69 Å². The van der Waals surface area contributed by atoms with E-state index >= 15 is 0 Å². The second-order valence-corrected chi connectivity index (χ2v) is 5.93. The van der Waals surface area contributed by atoms with Gasteiger partial charge in [0.1, 0.15) is 17.2 Å². The van der Waals surface area contributed by atoms with Gasteiger partial charge in [0, 0.05) is 0 Å². The molecule has 2 aromatic heterocycles. The van der Waals surface area contributed by atoms with Crippen LogP contribution in [-0.4, -0.2) is 14.8 Å². The Morgan fingerprint density at radius 3 is 2.04 bits per heavy atom. The number of anilines is 1. The number of hydrogen-bond donors (Lipinski definition) is 1. The van der Waals surface area contributed by atoms with E-state index in [4.69, 9.17) is 28.9 Å². The molecule has 0 bridgehead atoms. The highest BCUT2D eigenvalue weighted by atomic mass is 35.5. The molecule has 0 unspecified atom stereocenters. The molecule has 12 heteroatoms. The molecular weight excluding hydrogens is 409 g/mol. The van der Waals surface area contributed by atoms with Gasteiger partial charge in [0.15, 0.2) is 5.69 Å². The first-order chi connectivity index (χ1) is 11.9. The van der Waals surface area contributed by atoms with Gasteiger partial charge in [0.2, 0.25) is 0 Å². The molecule has 0 aliphatic rings. The average Bonchev–Trinajstić information content (AvgIpc) is 2.81. The molecule has 0 radical (unpaired) electrons. The van der Waals surface area contributed by atoms with E-state index in [2.05, 4.69) is 10.1 Å². The van der Waals surface area contributed by atoms with Crippen molar-refractivity contribution in [1.29, 1.82) is 0 Å². The van der Waals surface area contributed by atoms with Crippen molar-refractivity contribution < 1.29 is 26.3 Å². The molecule has 2 N–H and O–H groups in total. The Hall–Kier alpha value is -2.20. The third-order valence-electron chi connectivity index (χ3n) is 3.40. The van der Waals surface area contributed by atoms with Gasteiger partial charge in [-0.2, -0.15) is 31.4 Å². The van der Waals surface area contributed by atoms with Crippen LogP contribution in [0.3, 0.4) is 0 Å². The maximum atomic E-state index is 13.3. The van der Waals surface area contributed by atoms with Gasteiger partial charge in [-0.3, -0.25) is 0 Å². The molecule has 0 atom stereocenters. The molecule has 138 valence electrons. The van der Waals surface area contributed by atoms with Crippen molar-refractivity contribution in [3.63, 3.8) is 0 Å². The Labute approximate surface area is 151 Å². The molecule has 0 fully saturated rings. The Bertz CT molecular complexity index is 989. The van der Waals surface area contributed by atoms with Gasteiger partial charge >= 0.3 is 12.4 Å². The number of aromatic nitrogens is 3. The number of hydrogen-bond acceptors (Lipinski definition) is 3. The molecule has 0 saturated carbocycles. The summed E-state index contributed by atoms with van der Waals surface area (Å²) in [6.07, 6.45) is -10.3. The maximum Gasteiger partial charge on any atom is 0.434 e. The number of nitrogen functional groups attached to an aromatic ring is 1. The summed E-state index contributed by atoms with van der Waals surface area (Å²) < 4.78 is 79.3. The van der Waals surface area contributed by atoms with Crippen LogP contribution in [0.25, 0.3) is 16.6 Å². The van der Waals surface area contributed by atoms with Crippen LogP contribution in [-0.2, 0) is 12.4 Å². The average molecular weight is 415 g/mol. The molecule has 0 saturated heterocycles. The number of pyridine rings is 1. The second kappa shape index (κ2) is 5.92. The predicted octanol–water partition coefficient (Wildman–Crippen LogP) is 5.35. The minimum Gasteiger partial charge on any atom is -0.383 e. The number of rotatable bonds is 1. The van der Waals surface area contributed by atoms with Crippen LogP contribution in [0, 0.1) is 0 Å². The topological polar surface area (TPSA) is 56.7 Å². The number of halogens is 8. The summed E-state index contributed by atoms with van der Waals surface area (Å²) in [4.78, 5) is 2.71. The Morgan fingerprint density at radius 1 is 0.962 bits per heavy atom. The van der Waals surface area contributed by atoms with E-state index in [1.54, 1.807) is 0 Å². The number of para-hydroxylation sites is 1. The summed E-state index contributed by atoms with van der Waals surface area (Å²) in [5, 5.41) is 2.95. The first-order valence-electron chi connectivity index (χ1n) is 6.69. The lowest BCUT2D eigenvalue weighted by molar-refractivity contribution is -0.149. The fourth-order valence-corrected chi connectivity index (χ4v) is 2.90. The quantitative estimate of drug-likeness (QED) is 0.546. The van der Waals surface area contributed by atoms with Crippen molar-refractivity contribution in [1.82, 2.24) is 14.8 Å². The lowest BCUT2D eigenvalue weighted by atomic mass is 10.2. The predicted molar refractivity (Wildman–Crippen MR) is 83.3 cm³/mol. The number of benzene rings is 1. The van der Waals surface area contributed by atoms with Crippen LogP contribution in [0.4, 0.5) is 32.2 Å². The molecule has 1 aromatic carbocycles. The van der Waals surface area contributed by atoms with E-state index in [1.165, 1.54) is 18.2 Å². The van der Waals surface area contributed by atoms with Gasteiger partial charge in [-0.25, -0.2) is 9.67 Å². The fraction of sp³-hybridized carbons (Fsp3) is 0.143. The van der Waals surface area contributed by atoms with Crippen LogP contribution in [0.2, 0.25) is 10.0 Å². The molecule has 0 aliphatic carbocycles. The highest BCUT2D eigenvalue weighted by Crippen LogP contribution is 2.41. The van der Waals surface area contributed by atoms with Crippen molar-refractivity contribution in [3.05, 3.63) is 45.7 Å². The van der Waals surface area contributed by atoms with Crippen molar-refractivity contribution in [2.75, 3.05) is 5.73 Å². The molecule has 0 aliphatic heterocycles. The second-order valence-electron chi connectivity index (χ2n) is 5.11. The molecular formula is C14H6Cl2F6N4. The number of nitrogens with zero attached hydrogens (tertiary/aromatic N) is 3. The zero-order valence-electron chi connectivity index (χ0n) is 12.3. The number of fused-ring (bicyclic) bond motifs is 1. The third-order valence-corrected chi connectivity index (χ3v) is 4.01. The Balaban J connectivity index is 2.42. The maximum absolute atomic E-state index is 13.3. The van der Waals surface area contributed by atoms with E-state index in [0.29, 0.717) is 6.07 Å². The van der Waals surface area contributed by atoms with E-state index in [-0.39, 0.29) is 15.7 Å². The Kier molecular flexibility index (Phi) is 4.23. The molecule has 0 amide bonds. The van der Waals surface area contributed by atoms with Gasteiger partial charge in [0.05, 0.1) is 20.9 Å². The Morgan fingerprint density at radius 2 is 1.54 bits per heavy atom. The fourth-order valence-electron chi connectivity index (χ4n) is 2.34. The first kappa shape index (κ1) is 18.6. The first-order valence-corrected chi connectivity index (χ1v) is 7.45. The third kappa shape index (κ3) is 3.03. The zero-order chi connectivity index (χ0) is 19.4. The lowest BCUT2D eigenvalue weighted by Gasteiger charge is -2.12. The number of nitrogens with two attached hydrogens (primary N) is 1. The van der Waals surface area contributed by atoms with Gasteiger partial charge in [-0.15, -0.1) is 0 Å². The molecule has 2 heterocycles. The van der Waals surface area contributed by atoms with Crippen LogP contribution in [0.1, 0.15) is 11.4 Å². The van der Waals surface area contributed by atoms with Crippen LogP contribution >= 0.6 is 23.2 Å². The highest BCUT2D eigenvalue weighted by Gasteiger charge is 2.41. The summed E-state index contributed by atoms with van der Waals surface area (Å²) in [6, 6.07) is 4.59. The van der Waals surface area contributed by atoms with Crippen molar-refractivity contribution in [2.45, 2.75) is 12.4 Å². The van der Waals surface area contributed by atoms with Gasteiger partial charge in [0.25, 0.3) is 0 Å². The van der Waals surface area contributed by atoms with Crippen LogP contribution < -0.4 is 5.73 Å². The lowest BCUT2D eigenvalue weighted by Crippen LogP contribution is -2.15. The molecule has 3 rings (SSSR count). The summed E-state index contributed by atoms with van der Waals surface area (Å²) in [6.45, 7) is 0. The van der Waals surface area contributed by atoms with E-state index in [9.17, 15) is 26.3 Å². The monoisotopic (exact) mass is 414 g/mol. The zero-order valence-corrected chi connectivity index (χ0v) is 13.8. The van der Waals surface area contributed by atoms with Gasteiger partial charge in [-0.1, -0.05) is 29.3 Å².